The van der Waals surface area contributed by atoms with Gasteiger partial charge in [-0.3, -0.25) is 9.59 Å². The first kappa shape index (κ1) is 19.0. The lowest BCUT2D eigenvalue weighted by atomic mass is 9.95. The molecule has 0 aliphatic heterocycles. The molecule has 4 nitrogen and oxygen atoms in total. The SMILES string of the molecule is NC(=O)[C@H](Cc1ccc(Cl)cc1)NC(=O)c1c2ccccc2cc2ccccc12. The Kier molecular flexibility index (Phi) is 5.19. The zero-order valence-electron chi connectivity index (χ0n) is 15.6. The molecule has 0 aromatic heterocycles. The normalized spacial score (nSPS) is 12.0. The van der Waals surface area contributed by atoms with Crippen molar-refractivity contribution >= 4 is 45.0 Å². The number of carbonyl (C=O) groups excluding carboxylic acids is 2. The summed E-state index contributed by atoms with van der Waals surface area (Å²) < 4.78 is 0. The summed E-state index contributed by atoms with van der Waals surface area (Å²) >= 11 is 5.92. The first-order chi connectivity index (χ1) is 14.0. The van der Waals surface area contributed by atoms with E-state index in [0.29, 0.717) is 17.0 Å². The van der Waals surface area contributed by atoms with Gasteiger partial charge < -0.3 is 11.1 Å². The minimum Gasteiger partial charge on any atom is -0.368 e. The van der Waals surface area contributed by atoms with Gasteiger partial charge in [-0.05, 0) is 45.3 Å². The zero-order chi connectivity index (χ0) is 20.4. The molecule has 4 aromatic rings. The molecular weight excluding hydrogens is 384 g/mol. The predicted octanol–water partition coefficient (Wildman–Crippen LogP) is 4.47. The third kappa shape index (κ3) is 3.93. The second-order valence-electron chi connectivity index (χ2n) is 6.95. The number of halogens is 1. The summed E-state index contributed by atoms with van der Waals surface area (Å²) in [6.07, 6.45) is 0.293. The fraction of sp³-hybridized carbons (Fsp3) is 0.0833. The van der Waals surface area contributed by atoms with Gasteiger partial charge in [0.2, 0.25) is 5.91 Å². The summed E-state index contributed by atoms with van der Waals surface area (Å²) in [7, 11) is 0. The molecule has 0 aliphatic rings. The Morgan fingerprint density at radius 3 is 1.97 bits per heavy atom. The number of rotatable bonds is 5. The van der Waals surface area contributed by atoms with Gasteiger partial charge in [-0.15, -0.1) is 0 Å². The molecule has 0 spiro atoms. The number of primary amides is 1. The molecule has 0 radical (unpaired) electrons. The van der Waals surface area contributed by atoms with Crippen molar-refractivity contribution in [1.29, 1.82) is 0 Å². The largest absolute Gasteiger partial charge is 0.368 e. The van der Waals surface area contributed by atoms with Gasteiger partial charge in [0.15, 0.2) is 0 Å². The lowest BCUT2D eigenvalue weighted by molar-refractivity contribution is -0.119. The molecule has 0 heterocycles. The van der Waals surface area contributed by atoms with E-state index >= 15 is 0 Å². The van der Waals surface area contributed by atoms with Crippen LogP contribution in [0.25, 0.3) is 21.5 Å². The first-order valence-electron chi connectivity index (χ1n) is 9.28. The van der Waals surface area contributed by atoms with Gasteiger partial charge >= 0.3 is 0 Å². The highest BCUT2D eigenvalue weighted by Gasteiger charge is 2.22. The van der Waals surface area contributed by atoms with Crippen LogP contribution in [-0.4, -0.2) is 17.9 Å². The lowest BCUT2D eigenvalue weighted by Crippen LogP contribution is -2.46. The molecule has 0 fully saturated rings. The fourth-order valence-corrected chi connectivity index (χ4v) is 3.69. The van der Waals surface area contributed by atoms with Crippen molar-refractivity contribution in [2.24, 2.45) is 5.73 Å². The van der Waals surface area contributed by atoms with Crippen LogP contribution in [0.1, 0.15) is 15.9 Å². The van der Waals surface area contributed by atoms with Crippen LogP contribution in [0, 0.1) is 0 Å². The van der Waals surface area contributed by atoms with Crippen LogP contribution in [0.4, 0.5) is 0 Å². The molecule has 1 atom stereocenters. The maximum Gasteiger partial charge on any atom is 0.253 e. The van der Waals surface area contributed by atoms with Crippen LogP contribution in [-0.2, 0) is 11.2 Å². The third-order valence-electron chi connectivity index (χ3n) is 5.00. The van der Waals surface area contributed by atoms with E-state index in [0.717, 1.165) is 27.1 Å². The van der Waals surface area contributed by atoms with E-state index in [4.69, 9.17) is 17.3 Å². The zero-order valence-corrected chi connectivity index (χ0v) is 16.3. The standard InChI is InChI=1S/C24H19ClN2O2/c25-18-11-9-15(10-12-18)13-21(23(26)28)27-24(29)22-19-7-3-1-5-16(19)14-17-6-2-4-8-20(17)22/h1-12,14,21H,13H2,(H2,26,28)(H,27,29)/t21-/m0/s1. The van der Waals surface area contributed by atoms with E-state index in [2.05, 4.69) is 11.4 Å². The monoisotopic (exact) mass is 402 g/mol. The Balaban J connectivity index is 1.73. The summed E-state index contributed by atoms with van der Waals surface area (Å²) in [6.45, 7) is 0. The van der Waals surface area contributed by atoms with Gasteiger partial charge in [0.05, 0.1) is 5.56 Å². The van der Waals surface area contributed by atoms with Crippen molar-refractivity contribution in [2.75, 3.05) is 0 Å². The Hall–Kier alpha value is -3.37. The van der Waals surface area contributed by atoms with Crippen molar-refractivity contribution in [1.82, 2.24) is 5.32 Å². The highest BCUT2D eigenvalue weighted by molar-refractivity contribution is 6.30. The molecule has 29 heavy (non-hydrogen) atoms. The highest BCUT2D eigenvalue weighted by Crippen LogP contribution is 2.28. The van der Waals surface area contributed by atoms with Crippen molar-refractivity contribution in [3.05, 3.63) is 95.0 Å². The van der Waals surface area contributed by atoms with Crippen molar-refractivity contribution in [3.63, 3.8) is 0 Å². The summed E-state index contributed by atoms with van der Waals surface area (Å²) in [6, 6.07) is 23.8. The van der Waals surface area contributed by atoms with Crippen LogP contribution < -0.4 is 11.1 Å². The lowest BCUT2D eigenvalue weighted by Gasteiger charge is -2.18. The second-order valence-corrected chi connectivity index (χ2v) is 7.39. The molecule has 4 aromatic carbocycles. The minimum atomic E-state index is -0.832. The minimum absolute atomic E-state index is 0.293. The van der Waals surface area contributed by atoms with Crippen molar-refractivity contribution < 1.29 is 9.59 Å². The summed E-state index contributed by atoms with van der Waals surface area (Å²) in [5, 5.41) is 7.03. The van der Waals surface area contributed by atoms with Gasteiger partial charge in [0, 0.05) is 11.4 Å². The maximum atomic E-state index is 13.3. The quantitative estimate of drug-likeness (QED) is 0.483. The van der Waals surface area contributed by atoms with Crippen molar-refractivity contribution in [2.45, 2.75) is 12.5 Å². The highest BCUT2D eigenvalue weighted by atomic mass is 35.5. The Bertz CT molecular complexity index is 1160. The number of fused-ring (bicyclic) bond motifs is 2. The molecule has 3 N–H and O–H groups in total. The molecule has 2 amide bonds. The molecule has 0 aliphatic carbocycles. The Morgan fingerprint density at radius 2 is 1.41 bits per heavy atom. The number of amides is 2. The summed E-state index contributed by atoms with van der Waals surface area (Å²) in [5.41, 5.74) is 6.99. The van der Waals surface area contributed by atoms with Crippen LogP contribution in [0.15, 0.2) is 78.9 Å². The van der Waals surface area contributed by atoms with E-state index in [1.54, 1.807) is 12.1 Å². The maximum absolute atomic E-state index is 13.3. The molecule has 0 saturated carbocycles. The molecule has 5 heteroatoms. The third-order valence-corrected chi connectivity index (χ3v) is 5.25. The molecule has 0 unspecified atom stereocenters. The topological polar surface area (TPSA) is 72.2 Å². The molecule has 4 rings (SSSR count). The number of carbonyl (C=O) groups is 2. The number of hydrogen-bond donors (Lipinski definition) is 2. The second kappa shape index (κ2) is 7.94. The Labute approximate surface area is 173 Å². The van der Waals surface area contributed by atoms with Gasteiger partial charge in [-0.1, -0.05) is 72.3 Å². The molecule has 144 valence electrons. The number of nitrogens with one attached hydrogen (secondary N) is 1. The van der Waals surface area contributed by atoms with Crippen LogP contribution >= 0.6 is 11.6 Å². The van der Waals surface area contributed by atoms with E-state index in [-0.39, 0.29) is 5.91 Å². The Morgan fingerprint density at radius 1 is 0.862 bits per heavy atom. The van der Waals surface area contributed by atoms with E-state index in [1.165, 1.54) is 0 Å². The number of hydrogen-bond acceptors (Lipinski definition) is 2. The van der Waals surface area contributed by atoms with E-state index < -0.39 is 11.9 Å². The predicted molar refractivity (Wildman–Crippen MR) is 117 cm³/mol. The summed E-state index contributed by atoms with van der Waals surface area (Å²) in [5.74, 6) is -0.909. The van der Waals surface area contributed by atoms with Gasteiger partial charge in [-0.25, -0.2) is 0 Å². The van der Waals surface area contributed by atoms with Crippen LogP contribution in [0.2, 0.25) is 5.02 Å². The van der Waals surface area contributed by atoms with E-state index in [1.807, 2.05) is 60.7 Å². The fourth-order valence-electron chi connectivity index (χ4n) is 3.57. The molecular formula is C24H19ClN2O2. The van der Waals surface area contributed by atoms with Crippen LogP contribution in [0.3, 0.4) is 0 Å². The average Bonchev–Trinajstić information content (AvgIpc) is 2.72. The van der Waals surface area contributed by atoms with Crippen molar-refractivity contribution in [3.8, 4) is 0 Å². The number of nitrogens with two attached hydrogens (primary N) is 1. The van der Waals surface area contributed by atoms with Gasteiger partial charge in [-0.2, -0.15) is 0 Å². The smallest absolute Gasteiger partial charge is 0.253 e. The molecule has 0 saturated heterocycles. The van der Waals surface area contributed by atoms with E-state index in [9.17, 15) is 9.59 Å². The first-order valence-corrected chi connectivity index (χ1v) is 9.66. The van der Waals surface area contributed by atoms with Gasteiger partial charge in [0.1, 0.15) is 6.04 Å². The van der Waals surface area contributed by atoms with Gasteiger partial charge in [0.25, 0.3) is 5.91 Å². The number of benzene rings is 4. The summed E-state index contributed by atoms with van der Waals surface area (Å²) in [4.78, 5) is 25.3. The molecule has 0 bridgehead atoms. The van der Waals surface area contributed by atoms with Crippen LogP contribution in [0.5, 0.6) is 0 Å². The average molecular weight is 403 g/mol.